The third-order valence-corrected chi connectivity index (χ3v) is 5.88. The second-order valence-corrected chi connectivity index (χ2v) is 8.73. The summed E-state index contributed by atoms with van der Waals surface area (Å²) in [6, 6.07) is 10.5. The number of carboxylic acid groups (broad SMARTS) is 1. The third kappa shape index (κ3) is 7.86. The number of hydrogen-bond acceptors (Lipinski definition) is 7. The van der Waals surface area contributed by atoms with Gasteiger partial charge in [-0.2, -0.15) is 0 Å². The van der Waals surface area contributed by atoms with Gasteiger partial charge < -0.3 is 26.7 Å². The van der Waals surface area contributed by atoms with Gasteiger partial charge in [-0.3, -0.25) is 9.69 Å². The fraction of sp³-hybridized carbons (Fsp3) is 0.269. The Balaban J connectivity index is 0.00000507. The summed E-state index contributed by atoms with van der Waals surface area (Å²) in [7, 11) is 0. The van der Waals surface area contributed by atoms with Crippen molar-refractivity contribution in [2.45, 2.75) is 39.9 Å². The molecule has 0 bridgehead atoms. The predicted octanol–water partition coefficient (Wildman–Crippen LogP) is 0.280. The van der Waals surface area contributed by atoms with Gasteiger partial charge in [-0.05, 0) is 55.7 Å². The normalized spacial score (nSPS) is 11.5. The van der Waals surface area contributed by atoms with Crippen LogP contribution < -0.4 is 30.3 Å². The van der Waals surface area contributed by atoms with Crippen molar-refractivity contribution in [3.05, 3.63) is 92.8 Å². The molecular weight excluding hydrogens is 486 g/mol. The Morgan fingerprint density at radius 1 is 1.08 bits per heavy atom. The number of anilines is 1. The number of carboxylic acids is 1. The largest absolute Gasteiger partial charge is 1.00 e. The van der Waals surface area contributed by atoms with Gasteiger partial charge in [0, 0.05) is 12.6 Å². The number of rotatable bonds is 10. The fourth-order valence-corrected chi connectivity index (χ4v) is 3.89. The minimum absolute atomic E-state index is 0. The van der Waals surface area contributed by atoms with Crippen LogP contribution in [0, 0.1) is 19.7 Å². The van der Waals surface area contributed by atoms with Crippen LogP contribution >= 0.6 is 0 Å². The molecule has 2 aromatic carbocycles. The monoisotopic (exact) mass is 514 g/mol. The number of hydrogen-bond donors (Lipinski definition) is 3. The van der Waals surface area contributed by atoms with Gasteiger partial charge in [-0.25, -0.2) is 19.2 Å². The molecule has 0 saturated heterocycles. The van der Waals surface area contributed by atoms with Gasteiger partial charge in [0.25, 0.3) is 0 Å². The van der Waals surface area contributed by atoms with E-state index in [2.05, 4.69) is 15.3 Å². The first-order valence-corrected chi connectivity index (χ1v) is 11.4. The molecule has 0 spiro atoms. The number of nitrogen functional groups attached to an aromatic ring is 1. The van der Waals surface area contributed by atoms with E-state index in [4.69, 9.17) is 11.5 Å². The summed E-state index contributed by atoms with van der Waals surface area (Å²) in [6.07, 6.45) is 0. The first-order valence-electron chi connectivity index (χ1n) is 11.4. The summed E-state index contributed by atoms with van der Waals surface area (Å²) in [4.78, 5) is 45.8. The smallest absolute Gasteiger partial charge is 0.644 e. The number of nitrogens with zero attached hydrogens (tertiary/aromatic N) is 4. The van der Waals surface area contributed by atoms with E-state index in [9.17, 15) is 23.9 Å². The van der Waals surface area contributed by atoms with Gasteiger partial charge in [0.05, 0.1) is 23.5 Å². The molecule has 0 unspecified atom stereocenters. The van der Waals surface area contributed by atoms with Crippen LogP contribution in [-0.2, 0) is 17.9 Å². The number of primary amides is 1. The van der Waals surface area contributed by atoms with Gasteiger partial charge in [-0.1, -0.05) is 29.8 Å². The number of aryl methyl sites for hydroxylation is 2. The van der Waals surface area contributed by atoms with Crippen LogP contribution in [0.15, 0.2) is 42.5 Å². The molecule has 38 heavy (non-hydrogen) atoms. The molecule has 3 aromatic rings. The van der Waals surface area contributed by atoms with E-state index < -0.39 is 17.8 Å². The van der Waals surface area contributed by atoms with Crippen LogP contribution in [0.3, 0.4) is 0 Å². The van der Waals surface area contributed by atoms with E-state index in [1.165, 1.54) is 18.2 Å². The van der Waals surface area contributed by atoms with E-state index in [0.29, 0.717) is 22.4 Å². The van der Waals surface area contributed by atoms with Crippen LogP contribution in [0.2, 0.25) is 0 Å². The molecule has 194 valence electrons. The molecule has 1 aromatic heterocycles. The molecule has 0 radical (unpaired) electrons. The summed E-state index contributed by atoms with van der Waals surface area (Å²) in [5.41, 5.74) is 14.3. The van der Waals surface area contributed by atoms with Crippen molar-refractivity contribution in [1.29, 1.82) is 0 Å². The van der Waals surface area contributed by atoms with Gasteiger partial charge in [0.2, 0.25) is 11.9 Å². The van der Waals surface area contributed by atoms with Crippen molar-refractivity contribution < 1.29 is 42.7 Å². The zero-order valence-corrected chi connectivity index (χ0v) is 21.7. The number of amides is 2. The average Bonchev–Trinajstić information content (AvgIpc) is 2.82. The number of halogens is 1. The Hall–Kier alpha value is -3.78. The Morgan fingerprint density at radius 3 is 2.39 bits per heavy atom. The van der Waals surface area contributed by atoms with E-state index in [1.807, 2.05) is 6.92 Å². The number of benzene rings is 2. The number of carbonyl (C=O) groups excluding carboxylic acids is 2. The van der Waals surface area contributed by atoms with Crippen LogP contribution in [0.4, 0.5) is 10.3 Å². The summed E-state index contributed by atoms with van der Waals surface area (Å²) in [6.45, 7) is 5.18. The first kappa shape index (κ1) is 30.4. The standard InChI is InChI=1S/C26H29FN6O4.Li/c1-14-9-18(5-6-20(14)25(36)37)16(3)33(13-23(28)34)12-19-10-22(32-26(29)31-19)24(35)30-11-17-4-7-21(27)15(2)8-17;/h4-10,16H,11-13H2,1-3H3,(H6,28,29,30,31,32,34,35,36,37);/q;+1/p-1/t16-;/m0./s1. The van der Waals surface area contributed by atoms with Gasteiger partial charge in [0.15, 0.2) is 0 Å². The third-order valence-electron chi connectivity index (χ3n) is 5.88. The Morgan fingerprint density at radius 2 is 1.79 bits per heavy atom. The Bertz CT molecular complexity index is 1350. The number of nitrogens with two attached hydrogens (primary N) is 2. The molecule has 1 atom stereocenters. The maximum absolute atomic E-state index is 13.5. The van der Waals surface area contributed by atoms with E-state index in [-0.39, 0.29) is 67.6 Å². The van der Waals surface area contributed by atoms with E-state index >= 15 is 0 Å². The Kier molecular flexibility index (Phi) is 10.5. The molecule has 0 fully saturated rings. The van der Waals surface area contributed by atoms with Crippen molar-refractivity contribution in [3.63, 3.8) is 0 Å². The zero-order valence-electron chi connectivity index (χ0n) is 21.7. The second kappa shape index (κ2) is 13.1. The van der Waals surface area contributed by atoms with Crippen LogP contribution in [0.5, 0.6) is 0 Å². The van der Waals surface area contributed by atoms with Crippen LogP contribution in [-0.4, -0.2) is 44.3 Å². The number of carbonyl (C=O) groups is 3. The van der Waals surface area contributed by atoms with Crippen molar-refractivity contribution >= 4 is 23.7 Å². The summed E-state index contributed by atoms with van der Waals surface area (Å²) < 4.78 is 13.5. The molecule has 3 rings (SSSR count). The molecule has 2 amide bonds. The Labute approximate surface area is 231 Å². The second-order valence-electron chi connectivity index (χ2n) is 8.73. The van der Waals surface area contributed by atoms with Crippen LogP contribution in [0.25, 0.3) is 5.32 Å². The molecule has 1 heterocycles. The van der Waals surface area contributed by atoms with Crippen molar-refractivity contribution in [3.8, 4) is 0 Å². The number of aromatic nitrogens is 2. The molecular formula is C26H28FLiN6O4. The topological polar surface area (TPSA) is 167 Å². The molecule has 5 N–H and O–H groups in total. The summed E-state index contributed by atoms with van der Waals surface area (Å²) >= 11 is 0. The number of aromatic carboxylic acids is 1. The van der Waals surface area contributed by atoms with E-state index in [0.717, 1.165) is 5.56 Å². The predicted molar refractivity (Wildman–Crippen MR) is 135 cm³/mol. The van der Waals surface area contributed by atoms with Gasteiger partial charge in [-0.15, -0.1) is 6.54 Å². The average molecular weight is 514 g/mol. The minimum Gasteiger partial charge on any atom is -0.644 e. The van der Waals surface area contributed by atoms with Crippen LogP contribution in [0.1, 0.15) is 61.8 Å². The van der Waals surface area contributed by atoms with Gasteiger partial charge in [0.1, 0.15) is 11.7 Å². The summed E-state index contributed by atoms with van der Waals surface area (Å²) in [5, 5.41) is 13.3. The van der Waals surface area contributed by atoms with Gasteiger partial charge >= 0.3 is 24.8 Å². The molecule has 10 nitrogen and oxygen atoms in total. The van der Waals surface area contributed by atoms with E-state index in [1.54, 1.807) is 43.0 Å². The maximum atomic E-state index is 13.5. The SMILES string of the molecule is Cc1cc(C[N-]C(=O)c2cc(CN(CC(N)=O)[C@@H](C)c3ccc(C(=O)O)c(C)c3)nc(N)n2)ccc1F.[Li+]. The fourth-order valence-electron chi connectivity index (χ4n) is 3.89. The quantitative estimate of drug-likeness (QED) is 0.324. The molecule has 12 heteroatoms. The molecule has 0 aliphatic heterocycles. The van der Waals surface area contributed by atoms with Crippen molar-refractivity contribution in [2.75, 3.05) is 12.3 Å². The van der Waals surface area contributed by atoms with Crippen molar-refractivity contribution in [2.24, 2.45) is 5.73 Å². The molecule has 0 aliphatic rings. The van der Waals surface area contributed by atoms with Crippen molar-refractivity contribution in [1.82, 2.24) is 14.9 Å². The molecule has 0 aliphatic carbocycles. The first-order chi connectivity index (χ1) is 17.4. The maximum Gasteiger partial charge on any atom is 1.00 e. The summed E-state index contributed by atoms with van der Waals surface area (Å²) in [5.74, 6) is -2.70. The molecule has 0 saturated carbocycles. The minimum atomic E-state index is -1.03. The zero-order chi connectivity index (χ0) is 27.3.